The molecule has 1 aromatic carbocycles. The number of ether oxygens (including phenoxy) is 1. The Labute approximate surface area is 129 Å². The summed E-state index contributed by atoms with van der Waals surface area (Å²) < 4.78 is 5.65. The lowest BCUT2D eigenvalue weighted by molar-refractivity contribution is -0.140. The van der Waals surface area contributed by atoms with Gasteiger partial charge in [-0.25, -0.2) is 0 Å². The maximum atomic E-state index is 12.3. The largest absolute Gasteiger partial charge is 0.481 e. The van der Waals surface area contributed by atoms with Crippen molar-refractivity contribution < 1.29 is 19.4 Å². The molecule has 0 fully saturated rings. The van der Waals surface area contributed by atoms with Gasteiger partial charge in [0.15, 0.2) is 5.60 Å². The zero-order chi connectivity index (χ0) is 16.3. The Morgan fingerprint density at radius 3 is 2.19 bits per heavy atom. The van der Waals surface area contributed by atoms with Crippen molar-refractivity contribution >= 4 is 23.5 Å². The van der Waals surface area contributed by atoms with Crippen LogP contribution in [0.1, 0.15) is 34.1 Å². The Bertz CT molecular complexity index is 523. The van der Waals surface area contributed by atoms with Gasteiger partial charge in [0.25, 0.3) is 5.91 Å². The minimum absolute atomic E-state index is 0.171. The molecule has 0 aliphatic rings. The number of aliphatic carboxylic acids is 1. The highest BCUT2D eigenvalue weighted by atomic mass is 35.5. The summed E-state index contributed by atoms with van der Waals surface area (Å²) in [7, 11) is 0. The van der Waals surface area contributed by atoms with Gasteiger partial charge in [-0.1, -0.05) is 11.6 Å². The van der Waals surface area contributed by atoms with E-state index in [-0.39, 0.29) is 12.3 Å². The summed E-state index contributed by atoms with van der Waals surface area (Å²) in [6.07, 6.45) is -0.171. The summed E-state index contributed by atoms with van der Waals surface area (Å²) in [6.45, 7) is 6.54. The molecule has 1 amide bonds. The van der Waals surface area contributed by atoms with Crippen LogP contribution in [0, 0.1) is 0 Å². The molecule has 0 aromatic heterocycles. The molecule has 1 rings (SSSR count). The topological polar surface area (TPSA) is 75.6 Å². The molecular formula is C15H20ClNO4. The number of carbonyl (C=O) groups is 2. The molecule has 0 atom stereocenters. The molecule has 0 heterocycles. The second-order valence-corrected chi connectivity index (χ2v) is 6.41. The van der Waals surface area contributed by atoms with Gasteiger partial charge >= 0.3 is 5.97 Å². The number of amides is 1. The van der Waals surface area contributed by atoms with Crippen molar-refractivity contribution in [1.29, 1.82) is 0 Å². The van der Waals surface area contributed by atoms with Crippen LogP contribution in [0.15, 0.2) is 24.3 Å². The van der Waals surface area contributed by atoms with Gasteiger partial charge in [-0.05, 0) is 52.0 Å². The van der Waals surface area contributed by atoms with Gasteiger partial charge in [-0.2, -0.15) is 0 Å². The molecule has 0 aliphatic heterocycles. The molecule has 0 saturated heterocycles. The van der Waals surface area contributed by atoms with E-state index < -0.39 is 17.1 Å². The van der Waals surface area contributed by atoms with Gasteiger partial charge in [0.2, 0.25) is 0 Å². The van der Waals surface area contributed by atoms with Crippen molar-refractivity contribution in [3.63, 3.8) is 0 Å². The summed E-state index contributed by atoms with van der Waals surface area (Å²) >= 11 is 5.79. The molecule has 2 N–H and O–H groups in total. The van der Waals surface area contributed by atoms with Crippen LogP contribution in [0.4, 0.5) is 0 Å². The van der Waals surface area contributed by atoms with E-state index in [1.54, 1.807) is 52.0 Å². The quantitative estimate of drug-likeness (QED) is 0.846. The molecule has 116 valence electrons. The molecule has 1 aromatic rings. The van der Waals surface area contributed by atoms with E-state index in [2.05, 4.69) is 5.32 Å². The lowest BCUT2D eigenvalue weighted by Crippen LogP contribution is -2.54. The Morgan fingerprint density at radius 1 is 1.19 bits per heavy atom. The van der Waals surface area contributed by atoms with Crippen molar-refractivity contribution in [2.45, 2.75) is 45.3 Å². The fourth-order valence-corrected chi connectivity index (χ4v) is 1.85. The van der Waals surface area contributed by atoms with Gasteiger partial charge in [0, 0.05) is 10.6 Å². The zero-order valence-electron chi connectivity index (χ0n) is 12.6. The molecular weight excluding hydrogens is 294 g/mol. The Hall–Kier alpha value is -1.75. The van der Waals surface area contributed by atoms with E-state index in [4.69, 9.17) is 21.4 Å². The van der Waals surface area contributed by atoms with Gasteiger partial charge in [-0.3, -0.25) is 9.59 Å². The first kappa shape index (κ1) is 17.3. The summed E-state index contributed by atoms with van der Waals surface area (Å²) in [5.74, 6) is -0.851. The lowest BCUT2D eigenvalue weighted by atomic mass is 9.98. The second-order valence-electron chi connectivity index (χ2n) is 5.97. The fraction of sp³-hybridized carbons (Fsp3) is 0.467. The maximum absolute atomic E-state index is 12.3. The van der Waals surface area contributed by atoms with E-state index in [1.807, 2.05) is 0 Å². The van der Waals surface area contributed by atoms with E-state index in [9.17, 15) is 9.59 Å². The summed E-state index contributed by atoms with van der Waals surface area (Å²) in [6, 6.07) is 6.66. The predicted molar refractivity (Wildman–Crippen MR) is 80.6 cm³/mol. The normalized spacial score (nSPS) is 11.9. The number of nitrogens with one attached hydrogen (secondary N) is 1. The van der Waals surface area contributed by atoms with Crippen LogP contribution >= 0.6 is 11.6 Å². The smallest absolute Gasteiger partial charge is 0.305 e. The molecule has 0 saturated carbocycles. The summed E-state index contributed by atoms with van der Waals surface area (Å²) in [5, 5.41) is 12.1. The SMILES string of the molecule is CC(C)(CC(=O)O)NC(=O)C(C)(C)Oc1ccc(Cl)cc1. The number of carbonyl (C=O) groups excluding carboxylic acids is 1. The van der Waals surface area contributed by atoms with Gasteiger partial charge in [0.05, 0.1) is 6.42 Å². The number of benzene rings is 1. The van der Waals surface area contributed by atoms with Crippen LogP contribution in [0.5, 0.6) is 5.75 Å². The van der Waals surface area contributed by atoms with Gasteiger partial charge in [0.1, 0.15) is 5.75 Å². The first-order chi connectivity index (χ1) is 9.52. The van der Waals surface area contributed by atoms with Crippen LogP contribution in [0.25, 0.3) is 0 Å². The summed E-state index contributed by atoms with van der Waals surface area (Å²) in [4.78, 5) is 23.1. The minimum Gasteiger partial charge on any atom is -0.481 e. The number of rotatable bonds is 6. The molecule has 0 aliphatic carbocycles. The van der Waals surface area contributed by atoms with Crippen molar-refractivity contribution in [1.82, 2.24) is 5.32 Å². The molecule has 0 unspecified atom stereocenters. The lowest BCUT2D eigenvalue weighted by Gasteiger charge is -2.31. The van der Waals surface area contributed by atoms with Crippen LogP contribution in [-0.4, -0.2) is 28.1 Å². The van der Waals surface area contributed by atoms with E-state index in [0.717, 1.165) is 0 Å². The summed E-state index contributed by atoms with van der Waals surface area (Å²) in [5.41, 5.74) is -1.99. The number of carboxylic acids is 1. The monoisotopic (exact) mass is 313 g/mol. The minimum atomic E-state index is -1.14. The standard InChI is InChI=1S/C15H20ClNO4/c1-14(2,9-12(18)19)17-13(20)15(3,4)21-11-7-5-10(16)6-8-11/h5-8H,9H2,1-4H3,(H,17,20)(H,18,19). The van der Waals surface area contributed by atoms with Crippen molar-refractivity contribution in [2.24, 2.45) is 0 Å². The highest BCUT2D eigenvalue weighted by molar-refractivity contribution is 6.30. The average Bonchev–Trinajstić information content (AvgIpc) is 2.29. The van der Waals surface area contributed by atoms with Gasteiger partial charge < -0.3 is 15.2 Å². The predicted octanol–water partition coefficient (Wildman–Crippen LogP) is 2.87. The number of halogens is 1. The first-order valence-corrected chi connectivity index (χ1v) is 6.89. The van der Waals surface area contributed by atoms with Crippen molar-refractivity contribution in [3.8, 4) is 5.75 Å². The molecule has 0 bridgehead atoms. The first-order valence-electron chi connectivity index (χ1n) is 6.51. The van der Waals surface area contributed by atoms with Crippen LogP contribution in [0.2, 0.25) is 5.02 Å². The maximum Gasteiger partial charge on any atom is 0.305 e. The van der Waals surface area contributed by atoms with Crippen molar-refractivity contribution in [3.05, 3.63) is 29.3 Å². The molecule has 6 heteroatoms. The molecule has 5 nitrogen and oxygen atoms in total. The Kier molecular flexibility index (Phi) is 5.23. The van der Waals surface area contributed by atoms with E-state index >= 15 is 0 Å². The number of hydrogen-bond acceptors (Lipinski definition) is 3. The van der Waals surface area contributed by atoms with E-state index in [0.29, 0.717) is 10.8 Å². The zero-order valence-corrected chi connectivity index (χ0v) is 13.3. The van der Waals surface area contributed by atoms with Crippen LogP contribution in [-0.2, 0) is 9.59 Å². The molecule has 0 spiro atoms. The third kappa shape index (κ3) is 5.63. The second kappa shape index (κ2) is 6.35. The Morgan fingerprint density at radius 2 is 1.71 bits per heavy atom. The highest BCUT2D eigenvalue weighted by Crippen LogP contribution is 2.22. The highest BCUT2D eigenvalue weighted by Gasteiger charge is 2.34. The Balaban J connectivity index is 2.75. The number of carboxylic acid groups (broad SMARTS) is 1. The van der Waals surface area contributed by atoms with E-state index in [1.165, 1.54) is 0 Å². The van der Waals surface area contributed by atoms with Crippen LogP contribution in [0.3, 0.4) is 0 Å². The molecule has 0 radical (unpaired) electrons. The molecule has 21 heavy (non-hydrogen) atoms. The van der Waals surface area contributed by atoms with Crippen molar-refractivity contribution in [2.75, 3.05) is 0 Å². The third-order valence-corrected chi connectivity index (χ3v) is 3.03. The third-order valence-electron chi connectivity index (χ3n) is 2.78. The van der Waals surface area contributed by atoms with Gasteiger partial charge in [-0.15, -0.1) is 0 Å². The average molecular weight is 314 g/mol. The number of hydrogen-bond donors (Lipinski definition) is 2. The fourth-order valence-electron chi connectivity index (χ4n) is 1.72. The van der Waals surface area contributed by atoms with Crippen LogP contribution < -0.4 is 10.1 Å².